The molecule has 8 heteroatoms. The van der Waals surface area contributed by atoms with E-state index in [-0.39, 0.29) is 5.75 Å². The molecule has 176 valence electrons. The van der Waals surface area contributed by atoms with E-state index < -0.39 is 47.0 Å². The molecule has 2 saturated heterocycles. The summed E-state index contributed by atoms with van der Waals surface area (Å²) in [6.45, 7) is 1.91. The van der Waals surface area contributed by atoms with Crippen molar-refractivity contribution in [3.8, 4) is 5.75 Å². The van der Waals surface area contributed by atoms with Crippen LogP contribution in [0, 0.1) is 24.6 Å². The first-order valence-electron chi connectivity index (χ1n) is 11.4. The number of phenols is 1. The van der Waals surface area contributed by atoms with Gasteiger partial charge in [-0.3, -0.25) is 19.7 Å². The third kappa shape index (κ3) is 3.03. The Bertz CT molecular complexity index is 1390. The molecule has 6 rings (SSSR count). The highest BCUT2D eigenvalue weighted by molar-refractivity contribution is 6.25. The van der Waals surface area contributed by atoms with Gasteiger partial charge >= 0.3 is 0 Å². The van der Waals surface area contributed by atoms with Crippen LogP contribution in [-0.4, -0.2) is 28.9 Å². The number of hydrogen-bond donors (Lipinski definition) is 3. The van der Waals surface area contributed by atoms with Crippen LogP contribution in [-0.2, 0) is 26.3 Å². The normalized spacial score (nSPS) is 26.9. The van der Waals surface area contributed by atoms with Crippen molar-refractivity contribution in [3.05, 3.63) is 89.2 Å². The Kier molecular flexibility index (Phi) is 4.59. The first kappa shape index (κ1) is 21.5. The van der Waals surface area contributed by atoms with E-state index >= 15 is 0 Å². The standard InChI is InChI=1S/C27H22FN3O4/c1-14-2-7-17(8-3-14)31-24(33)22-21(12-15-4-9-18(32)10-5-15)30-27(23(22)25(31)34)19-13-16(28)6-11-20(19)29-26(27)35/h2-11,13,21-23,30,32H,12H2,1H3,(H,29,35)/t21-,22+,23-,27-/m0/s1. The second-order valence-corrected chi connectivity index (χ2v) is 9.42. The summed E-state index contributed by atoms with van der Waals surface area (Å²) >= 11 is 0. The fourth-order valence-electron chi connectivity index (χ4n) is 5.78. The number of anilines is 2. The molecule has 0 unspecified atom stereocenters. The van der Waals surface area contributed by atoms with Crippen molar-refractivity contribution in [2.24, 2.45) is 11.8 Å². The van der Waals surface area contributed by atoms with E-state index in [1.54, 1.807) is 36.4 Å². The number of phenolic OH excluding ortho intramolecular Hbond substituents is 1. The molecule has 3 amide bonds. The largest absolute Gasteiger partial charge is 0.508 e. The molecule has 3 aromatic rings. The van der Waals surface area contributed by atoms with Gasteiger partial charge in [0.25, 0.3) is 0 Å². The lowest BCUT2D eigenvalue weighted by atomic mass is 9.76. The number of rotatable bonds is 3. The number of aryl methyl sites for hydroxylation is 1. The second kappa shape index (κ2) is 7.48. The first-order chi connectivity index (χ1) is 16.8. The molecule has 0 aromatic heterocycles. The Morgan fingerprint density at radius 2 is 1.69 bits per heavy atom. The molecule has 3 aromatic carbocycles. The lowest BCUT2D eigenvalue weighted by molar-refractivity contribution is -0.130. The number of aromatic hydroxyl groups is 1. The van der Waals surface area contributed by atoms with Crippen LogP contribution in [0.25, 0.3) is 0 Å². The van der Waals surface area contributed by atoms with Crippen molar-refractivity contribution in [3.63, 3.8) is 0 Å². The molecule has 1 spiro atoms. The summed E-state index contributed by atoms with van der Waals surface area (Å²) in [5.74, 6) is -3.66. The first-order valence-corrected chi connectivity index (χ1v) is 11.4. The molecule has 3 heterocycles. The lowest BCUT2D eigenvalue weighted by Gasteiger charge is -2.29. The van der Waals surface area contributed by atoms with Gasteiger partial charge in [0.2, 0.25) is 17.7 Å². The molecule has 0 saturated carbocycles. The average molecular weight is 471 g/mol. The van der Waals surface area contributed by atoms with E-state index in [0.717, 1.165) is 16.0 Å². The Balaban J connectivity index is 1.49. The highest BCUT2D eigenvalue weighted by Crippen LogP contribution is 2.54. The van der Waals surface area contributed by atoms with Gasteiger partial charge in [-0.1, -0.05) is 29.8 Å². The highest BCUT2D eigenvalue weighted by Gasteiger charge is 2.70. The van der Waals surface area contributed by atoms with Crippen LogP contribution in [0.15, 0.2) is 66.7 Å². The van der Waals surface area contributed by atoms with Gasteiger partial charge in [0.05, 0.1) is 17.5 Å². The quantitative estimate of drug-likeness (QED) is 0.510. The predicted octanol–water partition coefficient (Wildman–Crippen LogP) is 3.01. The molecule has 4 atom stereocenters. The van der Waals surface area contributed by atoms with E-state index in [1.807, 2.05) is 19.1 Å². The van der Waals surface area contributed by atoms with Crippen LogP contribution in [0.2, 0.25) is 0 Å². The van der Waals surface area contributed by atoms with Crippen LogP contribution in [0.3, 0.4) is 0 Å². The van der Waals surface area contributed by atoms with Crippen molar-refractivity contribution < 1.29 is 23.9 Å². The number of carbonyl (C=O) groups is 3. The lowest BCUT2D eigenvalue weighted by Crippen LogP contribution is -2.53. The highest BCUT2D eigenvalue weighted by atomic mass is 19.1. The molecule has 3 aliphatic rings. The summed E-state index contributed by atoms with van der Waals surface area (Å²) in [5.41, 5.74) is 1.42. The van der Waals surface area contributed by atoms with Gasteiger partial charge in [-0.05, 0) is 61.4 Å². The summed E-state index contributed by atoms with van der Waals surface area (Å²) in [6, 6.07) is 17.0. The van der Waals surface area contributed by atoms with Crippen LogP contribution in [0.4, 0.5) is 15.8 Å². The molecule has 35 heavy (non-hydrogen) atoms. The van der Waals surface area contributed by atoms with E-state index in [9.17, 15) is 23.9 Å². The number of carbonyl (C=O) groups excluding carboxylic acids is 3. The van der Waals surface area contributed by atoms with Gasteiger partial charge in [-0.2, -0.15) is 0 Å². The number of halogens is 1. The zero-order valence-corrected chi connectivity index (χ0v) is 18.8. The molecule has 0 radical (unpaired) electrons. The summed E-state index contributed by atoms with van der Waals surface area (Å²) < 4.78 is 14.4. The topological polar surface area (TPSA) is 98.7 Å². The minimum Gasteiger partial charge on any atom is -0.508 e. The Morgan fingerprint density at radius 3 is 2.40 bits per heavy atom. The summed E-state index contributed by atoms with van der Waals surface area (Å²) in [5, 5.41) is 15.7. The number of nitrogens with zero attached hydrogens (tertiary/aromatic N) is 1. The third-order valence-electron chi connectivity index (χ3n) is 7.36. The van der Waals surface area contributed by atoms with Crippen molar-refractivity contribution in [2.75, 3.05) is 10.2 Å². The molecule has 3 aliphatic heterocycles. The van der Waals surface area contributed by atoms with Crippen LogP contribution in [0.5, 0.6) is 5.75 Å². The van der Waals surface area contributed by atoms with Gasteiger partial charge in [0, 0.05) is 17.3 Å². The number of fused-ring (bicyclic) bond motifs is 4. The average Bonchev–Trinajstić information content (AvgIpc) is 3.41. The Labute approximate surface area is 200 Å². The van der Waals surface area contributed by atoms with E-state index in [0.29, 0.717) is 23.4 Å². The van der Waals surface area contributed by atoms with Gasteiger partial charge < -0.3 is 10.4 Å². The summed E-state index contributed by atoms with van der Waals surface area (Å²) in [7, 11) is 0. The van der Waals surface area contributed by atoms with E-state index in [4.69, 9.17) is 0 Å². The summed E-state index contributed by atoms with van der Waals surface area (Å²) in [4.78, 5) is 42.3. The van der Waals surface area contributed by atoms with Crippen molar-refractivity contribution in [1.29, 1.82) is 0 Å². The zero-order chi connectivity index (χ0) is 24.5. The smallest absolute Gasteiger partial charge is 0.250 e. The fraction of sp³-hybridized carbons (Fsp3) is 0.222. The van der Waals surface area contributed by atoms with Crippen LogP contribution in [0.1, 0.15) is 16.7 Å². The van der Waals surface area contributed by atoms with E-state index in [2.05, 4.69) is 10.6 Å². The van der Waals surface area contributed by atoms with E-state index in [1.165, 1.54) is 18.2 Å². The predicted molar refractivity (Wildman–Crippen MR) is 126 cm³/mol. The maximum Gasteiger partial charge on any atom is 0.250 e. The van der Waals surface area contributed by atoms with Crippen molar-refractivity contribution >= 4 is 29.1 Å². The number of benzene rings is 3. The monoisotopic (exact) mass is 471 g/mol. The third-order valence-corrected chi connectivity index (χ3v) is 7.36. The summed E-state index contributed by atoms with van der Waals surface area (Å²) in [6.07, 6.45) is 0.335. The van der Waals surface area contributed by atoms with Crippen LogP contribution < -0.4 is 15.5 Å². The van der Waals surface area contributed by atoms with Crippen molar-refractivity contribution in [2.45, 2.75) is 24.9 Å². The number of amides is 3. The van der Waals surface area contributed by atoms with Gasteiger partial charge in [-0.25, -0.2) is 9.29 Å². The SMILES string of the molecule is Cc1ccc(N2C(=O)[C@@H]3[C@H](Cc4ccc(O)cc4)N[C@]4(C(=O)Nc5ccc(F)cc54)[C@@H]3C2=O)cc1. The molecule has 3 N–H and O–H groups in total. The van der Waals surface area contributed by atoms with Crippen LogP contribution >= 0.6 is 0 Å². The molecule has 2 fully saturated rings. The van der Waals surface area contributed by atoms with Gasteiger partial charge in [0.15, 0.2) is 0 Å². The number of hydrogen-bond acceptors (Lipinski definition) is 5. The Hall–Kier alpha value is -4.04. The van der Waals surface area contributed by atoms with Gasteiger partial charge in [-0.15, -0.1) is 0 Å². The zero-order valence-electron chi connectivity index (χ0n) is 18.8. The minimum atomic E-state index is -1.57. The van der Waals surface area contributed by atoms with Crippen molar-refractivity contribution in [1.82, 2.24) is 5.32 Å². The van der Waals surface area contributed by atoms with Gasteiger partial charge in [0.1, 0.15) is 17.1 Å². The molecular weight excluding hydrogens is 449 g/mol. The Morgan fingerprint density at radius 1 is 0.971 bits per heavy atom. The molecular formula is C27H22FN3O4. The molecule has 7 nitrogen and oxygen atoms in total. The second-order valence-electron chi connectivity index (χ2n) is 9.42. The maximum absolute atomic E-state index is 14.4. The fourth-order valence-corrected chi connectivity index (χ4v) is 5.78. The number of nitrogens with one attached hydrogen (secondary N) is 2. The maximum atomic E-state index is 14.4. The minimum absolute atomic E-state index is 0.111. The number of imide groups is 1. The molecule has 0 bridgehead atoms. The molecule has 0 aliphatic carbocycles.